The summed E-state index contributed by atoms with van der Waals surface area (Å²) >= 11 is 9.04. The minimum atomic E-state index is -4.47. The van der Waals surface area contributed by atoms with Crippen LogP contribution in [0.15, 0.2) is 46.9 Å². The molecule has 0 aliphatic rings. The normalized spacial score (nSPS) is 13.3. The van der Waals surface area contributed by atoms with Gasteiger partial charge in [0.2, 0.25) is 0 Å². The van der Waals surface area contributed by atoms with E-state index in [0.29, 0.717) is 15.1 Å². The number of nitrogens with two attached hydrogens (primary N) is 1. The van der Waals surface area contributed by atoms with Crippen LogP contribution in [0.2, 0.25) is 5.02 Å². The van der Waals surface area contributed by atoms with Crippen LogP contribution in [-0.2, 0) is 6.18 Å². The SMILES string of the molecule is NC(c1ccccc1Cl)c1ccc(Br)cc1C(F)(F)F. The molecule has 0 aromatic heterocycles. The largest absolute Gasteiger partial charge is 0.416 e. The molecule has 0 fully saturated rings. The lowest BCUT2D eigenvalue weighted by atomic mass is 9.95. The molecule has 0 spiro atoms. The van der Waals surface area contributed by atoms with Crippen LogP contribution in [0.3, 0.4) is 0 Å². The Bertz CT molecular complexity index is 628. The fourth-order valence-corrected chi connectivity index (χ4v) is 2.55. The number of rotatable bonds is 2. The Morgan fingerprint density at radius 1 is 1.05 bits per heavy atom. The van der Waals surface area contributed by atoms with Crippen LogP contribution in [0, 0.1) is 0 Å². The van der Waals surface area contributed by atoms with Crippen molar-refractivity contribution in [2.75, 3.05) is 0 Å². The second-order valence-corrected chi connectivity index (χ2v) is 5.55. The molecule has 0 saturated heterocycles. The highest BCUT2D eigenvalue weighted by Gasteiger charge is 2.35. The van der Waals surface area contributed by atoms with Crippen LogP contribution in [0.25, 0.3) is 0 Å². The van der Waals surface area contributed by atoms with Gasteiger partial charge >= 0.3 is 6.18 Å². The smallest absolute Gasteiger partial charge is 0.320 e. The lowest BCUT2D eigenvalue weighted by molar-refractivity contribution is -0.138. The molecule has 2 aromatic carbocycles. The molecule has 0 bridgehead atoms. The first-order valence-corrected chi connectivity index (χ1v) is 6.84. The summed E-state index contributed by atoms with van der Waals surface area (Å²) in [5.74, 6) is 0. The zero-order valence-electron chi connectivity index (χ0n) is 10.1. The van der Waals surface area contributed by atoms with Crippen LogP contribution in [-0.4, -0.2) is 0 Å². The summed E-state index contributed by atoms with van der Waals surface area (Å²) in [6, 6.07) is 9.58. The fourth-order valence-electron chi connectivity index (χ4n) is 1.94. The van der Waals surface area contributed by atoms with E-state index in [4.69, 9.17) is 17.3 Å². The van der Waals surface area contributed by atoms with Crippen molar-refractivity contribution in [1.29, 1.82) is 0 Å². The van der Waals surface area contributed by atoms with Crippen molar-refractivity contribution < 1.29 is 13.2 Å². The molecule has 1 unspecified atom stereocenters. The zero-order valence-corrected chi connectivity index (χ0v) is 12.4. The highest BCUT2D eigenvalue weighted by Crippen LogP contribution is 2.38. The van der Waals surface area contributed by atoms with Gasteiger partial charge in [-0.3, -0.25) is 0 Å². The van der Waals surface area contributed by atoms with E-state index in [1.165, 1.54) is 12.1 Å². The molecule has 0 aliphatic heterocycles. The summed E-state index contributed by atoms with van der Waals surface area (Å²) in [6.45, 7) is 0. The van der Waals surface area contributed by atoms with Gasteiger partial charge in [0.15, 0.2) is 0 Å². The Hall–Kier alpha value is -1.04. The highest BCUT2D eigenvalue weighted by atomic mass is 79.9. The first kappa shape index (κ1) is 15.4. The summed E-state index contributed by atoms with van der Waals surface area (Å²) in [7, 11) is 0. The third-order valence-corrected chi connectivity index (χ3v) is 3.73. The van der Waals surface area contributed by atoms with Crippen molar-refractivity contribution in [2.24, 2.45) is 5.73 Å². The molecule has 1 atom stereocenters. The van der Waals surface area contributed by atoms with Gasteiger partial charge in [-0.25, -0.2) is 0 Å². The monoisotopic (exact) mass is 363 g/mol. The molecule has 0 saturated carbocycles. The quantitative estimate of drug-likeness (QED) is 0.782. The van der Waals surface area contributed by atoms with Gasteiger partial charge < -0.3 is 5.73 Å². The summed E-state index contributed by atoms with van der Waals surface area (Å²) in [4.78, 5) is 0. The van der Waals surface area contributed by atoms with Crippen LogP contribution in [0.4, 0.5) is 13.2 Å². The zero-order chi connectivity index (χ0) is 14.9. The highest BCUT2D eigenvalue weighted by molar-refractivity contribution is 9.10. The predicted octanol–water partition coefficient (Wildman–Crippen LogP) is 5.17. The molecule has 1 nitrogen and oxygen atoms in total. The topological polar surface area (TPSA) is 26.0 Å². The van der Waals surface area contributed by atoms with E-state index >= 15 is 0 Å². The summed E-state index contributed by atoms with van der Waals surface area (Å²) in [5, 5.41) is 0.344. The van der Waals surface area contributed by atoms with Crippen molar-refractivity contribution in [3.8, 4) is 0 Å². The predicted molar refractivity (Wildman–Crippen MR) is 76.6 cm³/mol. The molecule has 0 radical (unpaired) electrons. The average Bonchev–Trinajstić information content (AvgIpc) is 2.37. The first-order chi connectivity index (χ1) is 9.30. The van der Waals surface area contributed by atoms with Gasteiger partial charge in [-0.2, -0.15) is 13.2 Å². The maximum atomic E-state index is 13.1. The Kier molecular flexibility index (Phi) is 4.42. The lowest BCUT2D eigenvalue weighted by Crippen LogP contribution is -2.18. The third kappa shape index (κ3) is 3.16. The molecule has 2 rings (SSSR count). The van der Waals surface area contributed by atoms with Gasteiger partial charge in [0, 0.05) is 9.50 Å². The summed E-state index contributed by atoms with van der Waals surface area (Å²) in [5.41, 5.74) is 5.65. The molecular weight excluding hydrogens is 355 g/mol. The molecule has 2 aromatic rings. The number of alkyl halides is 3. The maximum Gasteiger partial charge on any atom is 0.416 e. The van der Waals surface area contributed by atoms with E-state index in [1.54, 1.807) is 24.3 Å². The van der Waals surface area contributed by atoms with Gasteiger partial charge in [-0.1, -0.05) is 51.8 Å². The Balaban J connectivity index is 2.56. The Morgan fingerprint density at radius 2 is 1.70 bits per heavy atom. The molecule has 0 heterocycles. The number of hydrogen-bond acceptors (Lipinski definition) is 1. The van der Waals surface area contributed by atoms with Crippen LogP contribution in [0.5, 0.6) is 0 Å². The van der Waals surface area contributed by atoms with Crippen LogP contribution in [0.1, 0.15) is 22.7 Å². The van der Waals surface area contributed by atoms with Gasteiger partial charge in [0.05, 0.1) is 11.6 Å². The van der Waals surface area contributed by atoms with Crippen LogP contribution >= 0.6 is 27.5 Å². The Labute approximate surface area is 127 Å². The third-order valence-electron chi connectivity index (χ3n) is 2.90. The molecule has 20 heavy (non-hydrogen) atoms. The van der Waals surface area contributed by atoms with Gasteiger partial charge in [0.25, 0.3) is 0 Å². The molecule has 106 valence electrons. The second-order valence-electron chi connectivity index (χ2n) is 4.23. The van der Waals surface area contributed by atoms with E-state index in [0.717, 1.165) is 6.07 Å². The number of hydrogen-bond donors (Lipinski definition) is 1. The van der Waals surface area contributed by atoms with E-state index < -0.39 is 17.8 Å². The molecule has 0 aliphatic carbocycles. The van der Waals surface area contributed by atoms with E-state index in [-0.39, 0.29) is 5.56 Å². The minimum absolute atomic E-state index is 0.00574. The van der Waals surface area contributed by atoms with Gasteiger partial charge in [-0.15, -0.1) is 0 Å². The molecule has 0 amide bonds. The van der Waals surface area contributed by atoms with Crippen molar-refractivity contribution in [2.45, 2.75) is 12.2 Å². The lowest BCUT2D eigenvalue weighted by Gasteiger charge is -2.20. The fraction of sp³-hybridized carbons (Fsp3) is 0.143. The van der Waals surface area contributed by atoms with Crippen LogP contribution < -0.4 is 5.73 Å². The van der Waals surface area contributed by atoms with E-state index in [9.17, 15) is 13.2 Å². The van der Waals surface area contributed by atoms with Crippen molar-refractivity contribution in [3.63, 3.8) is 0 Å². The number of benzene rings is 2. The molecule has 2 N–H and O–H groups in total. The van der Waals surface area contributed by atoms with E-state index in [1.807, 2.05) is 0 Å². The van der Waals surface area contributed by atoms with E-state index in [2.05, 4.69) is 15.9 Å². The second kappa shape index (κ2) is 5.76. The standard InChI is InChI=1S/C14H10BrClF3N/c15-8-5-6-9(11(7-8)14(17,18)19)13(20)10-3-1-2-4-12(10)16/h1-7,13H,20H2. The van der Waals surface area contributed by atoms with Gasteiger partial charge in [-0.05, 0) is 29.3 Å². The average molecular weight is 365 g/mol. The Morgan fingerprint density at radius 3 is 2.30 bits per heavy atom. The number of halogens is 5. The maximum absolute atomic E-state index is 13.1. The minimum Gasteiger partial charge on any atom is -0.320 e. The van der Waals surface area contributed by atoms with Crippen molar-refractivity contribution >= 4 is 27.5 Å². The first-order valence-electron chi connectivity index (χ1n) is 5.67. The molecular formula is C14H10BrClF3N. The van der Waals surface area contributed by atoms with Gasteiger partial charge in [0.1, 0.15) is 0 Å². The summed E-state index contributed by atoms with van der Waals surface area (Å²) < 4.78 is 39.6. The molecule has 6 heteroatoms. The summed E-state index contributed by atoms with van der Waals surface area (Å²) in [6.07, 6.45) is -4.47. The van der Waals surface area contributed by atoms with Crippen molar-refractivity contribution in [1.82, 2.24) is 0 Å². The van der Waals surface area contributed by atoms with Crippen molar-refractivity contribution in [3.05, 3.63) is 68.7 Å².